The van der Waals surface area contributed by atoms with Gasteiger partial charge in [0.15, 0.2) is 0 Å². The van der Waals surface area contributed by atoms with Crippen LogP contribution in [0.5, 0.6) is 0 Å². The van der Waals surface area contributed by atoms with Crippen molar-refractivity contribution in [3.8, 4) is 11.3 Å². The lowest BCUT2D eigenvalue weighted by atomic mass is 10.0. The van der Waals surface area contributed by atoms with Gasteiger partial charge in [-0.15, -0.1) is 0 Å². The summed E-state index contributed by atoms with van der Waals surface area (Å²) in [4.78, 5) is 4.89. The standard InChI is InChI=1S/C26H17F2N3/c27-20-8-5-18(6-9-20)25-15-19(16-29-31-22-12-10-21(28)11-13-22)24-14-7-17-3-1-2-4-23(17)26(24)30-25/h1-16,31H. The molecule has 3 nitrogen and oxygen atoms in total. The molecule has 0 unspecified atom stereocenters. The molecule has 31 heavy (non-hydrogen) atoms. The van der Waals surface area contributed by atoms with Crippen LogP contribution in [0.15, 0.2) is 96.1 Å². The van der Waals surface area contributed by atoms with E-state index in [1.54, 1.807) is 30.5 Å². The second kappa shape index (κ2) is 7.95. The summed E-state index contributed by atoms with van der Waals surface area (Å²) >= 11 is 0. The van der Waals surface area contributed by atoms with Gasteiger partial charge in [-0.3, -0.25) is 5.43 Å². The third-order valence-electron chi connectivity index (χ3n) is 5.12. The maximum absolute atomic E-state index is 13.4. The molecule has 0 saturated heterocycles. The number of anilines is 1. The van der Waals surface area contributed by atoms with Gasteiger partial charge in [0.1, 0.15) is 11.6 Å². The van der Waals surface area contributed by atoms with Gasteiger partial charge in [0.05, 0.1) is 23.1 Å². The van der Waals surface area contributed by atoms with Crippen molar-refractivity contribution in [1.82, 2.24) is 4.98 Å². The van der Waals surface area contributed by atoms with E-state index in [4.69, 9.17) is 4.98 Å². The van der Waals surface area contributed by atoms with Gasteiger partial charge in [0.25, 0.3) is 0 Å². The number of hydrazone groups is 1. The molecule has 0 aliphatic carbocycles. The van der Waals surface area contributed by atoms with Crippen molar-refractivity contribution in [2.75, 3.05) is 5.43 Å². The minimum Gasteiger partial charge on any atom is -0.279 e. The summed E-state index contributed by atoms with van der Waals surface area (Å²) in [5.74, 6) is -0.592. The molecule has 0 atom stereocenters. The normalized spacial score (nSPS) is 11.4. The molecule has 0 radical (unpaired) electrons. The molecule has 0 aliphatic rings. The second-order valence-electron chi connectivity index (χ2n) is 7.16. The molecule has 0 bridgehead atoms. The molecule has 1 aromatic heterocycles. The van der Waals surface area contributed by atoms with Gasteiger partial charge in [-0.1, -0.05) is 36.4 Å². The Hall–Kier alpha value is -4.12. The lowest BCUT2D eigenvalue weighted by molar-refractivity contribution is 0.627. The van der Waals surface area contributed by atoms with E-state index in [1.807, 2.05) is 36.4 Å². The van der Waals surface area contributed by atoms with Crippen LogP contribution in [0.25, 0.3) is 32.9 Å². The van der Waals surface area contributed by atoms with Crippen LogP contribution in [0.2, 0.25) is 0 Å². The second-order valence-corrected chi connectivity index (χ2v) is 7.16. The highest BCUT2D eigenvalue weighted by Crippen LogP contribution is 2.29. The Kier molecular flexibility index (Phi) is 4.84. The van der Waals surface area contributed by atoms with Crippen LogP contribution in [-0.4, -0.2) is 11.2 Å². The average Bonchev–Trinajstić information content (AvgIpc) is 2.80. The molecule has 1 N–H and O–H groups in total. The predicted molar refractivity (Wildman–Crippen MR) is 122 cm³/mol. The first kappa shape index (κ1) is 18.9. The summed E-state index contributed by atoms with van der Waals surface area (Å²) < 4.78 is 26.5. The summed E-state index contributed by atoms with van der Waals surface area (Å²) in [6, 6.07) is 26.3. The minimum atomic E-state index is -0.300. The Balaban J connectivity index is 1.64. The molecule has 0 spiro atoms. The molecule has 150 valence electrons. The van der Waals surface area contributed by atoms with E-state index >= 15 is 0 Å². The van der Waals surface area contributed by atoms with Gasteiger partial charge in [0, 0.05) is 21.9 Å². The van der Waals surface area contributed by atoms with Crippen LogP contribution in [0.1, 0.15) is 5.56 Å². The zero-order valence-electron chi connectivity index (χ0n) is 16.4. The van der Waals surface area contributed by atoms with Crippen LogP contribution in [0.4, 0.5) is 14.5 Å². The van der Waals surface area contributed by atoms with E-state index in [-0.39, 0.29) is 11.6 Å². The Morgan fingerprint density at radius 1 is 0.742 bits per heavy atom. The number of benzene rings is 4. The Morgan fingerprint density at radius 3 is 2.23 bits per heavy atom. The van der Waals surface area contributed by atoms with Crippen LogP contribution >= 0.6 is 0 Å². The molecule has 4 aromatic carbocycles. The number of hydrogen-bond acceptors (Lipinski definition) is 3. The van der Waals surface area contributed by atoms with Crippen molar-refractivity contribution < 1.29 is 8.78 Å². The quantitative estimate of drug-likeness (QED) is 0.202. The monoisotopic (exact) mass is 409 g/mol. The Bertz CT molecular complexity index is 1410. The SMILES string of the molecule is Fc1ccc(NN=Cc2cc(-c3ccc(F)cc3)nc3c2ccc2ccccc23)cc1. The molecule has 0 fully saturated rings. The molecule has 5 rings (SSSR count). The summed E-state index contributed by atoms with van der Waals surface area (Å²) in [5.41, 5.74) is 6.86. The third kappa shape index (κ3) is 3.85. The van der Waals surface area contributed by atoms with Crippen molar-refractivity contribution >= 4 is 33.6 Å². The van der Waals surface area contributed by atoms with Crippen molar-refractivity contribution in [1.29, 1.82) is 0 Å². The van der Waals surface area contributed by atoms with Gasteiger partial charge in [-0.25, -0.2) is 13.8 Å². The fourth-order valence-electron chi connectivity index (χ4n) is 3.56. The first-order valence-electron chi connectivity index (χ1n) is 9.80. The zero-order chi connectivity index (χ0) is 21.2. The van der Waals surface area contributed by atoms with Crippen LogP contribution < -0.4 is 5.43 Å². The number of rotatable bonds is 4. The number of nitrogens with zero attached hydrogens (tertiary/aromatic N) is 2. The van der Waals surface area contributed by atoms with Crippen molar-refractivity contribution in [2.45, 2.75) is 0 Å². The predicted octanol–water partition coefficient (Wildman–Crippen LogP) is 6.78. The summed E-state index contributed by atoms with van der Waals surface area (Å²) in [5, 5.41) is 7.41. The highest BCUT2D eigenvalue weighted by Gasteiger charge is 2.10. The molecular weight excluding hydrogens is 392 g/mol. The molecule has 0 aliphatic heterocycles. The van der Waals surface area contributed by atoms with E-state index in [2.05, 4.69) is 16.6 Å². The lowest BCUT2D eigenvalue weighted by Crippen LogP contribution is -1.95. The summed E-state index contributed by atoms with van der Waals surface area (Å²) in [6.07, 6.45) is 1.72. The van der Waals surface area contributed by atoms with Crippen molar-refractivity contribution in [2.24, 2.45) is 5.10 Å². The third-order valence-corrected chi connectivity index (χ3v) is 5.12. The highest BCUT2D eigenvalue weighted by molar-refractivity contribution is 6.11. The van der Waals surface area contributed by atoms with Crippen LogP contribution in [-0.2, 0) is 0 Å². The molecular formula is C26H17F2N3. The molecule has 5 aromatic rings. The summed E-state index contributed by atoms with van der Waals surface area (Å²) in [6.45, 7) is 0. The maximum Gasteiger partial charge on any atom is 0.123 e. The molecule has 1 heterocycles. The number of nitrogens with one attached hydrogen (secondary N) is 1. The largest absolute Gasteiger partial charge is 0.279 e. The number of hydrogen-bond donors (Lipinski definition) is 1. The number of fused-ring (bicyclic) bond motifs is 3. The first-order chi connectivity index (χ1) is 15.2. The van der Waals surface area contributed by atoms with Gasteiger partial charge < -0.3 is 0 Å². The Labute approximate surface area is 177 Å². The summed E-state index contributed by atoms with van der Waals surface area (Å²) in [7, 11) is 0. The molecule has 0 saturated carbocycles. The average molecular weight is 409 g/mol. The number of aromatic nitrogens is 1. The first-order valence-corrected chi connectivity index (χ1v) is 9.80. The van der Waals surface area contributed by atoms with Gasteiger partial charge in [-0.05, 0) is 60.0 Å². The van der Waals surface area contributed by atoms with E-state index in [9.17, 15) is 8.78 Å². The molecule has 0 amide bonds. The Morgan fingerprint density at radius 2 is 1.45 bits per heavy atom. The van der Waals surface area contributed by atoms with Crippen LogP contribution in [0, 0.1) is 11.6 Å². The fraction of sp³-hybridized carbons (Fsp3) is 0. The zero-order valence-corrected chi connectivity index (χ0v) is 16.4. The van der Waals surface area contributed by atoms with Gasteiger partial charge in [0.2, 0.25) is 0 Å². The highest BCUT2D eigenvalue weighted by atomic mass is 19.1. The minimum absolute atomic E-state index is 0.291. The molecule has 5 heteroatoms. The van der Waals surface area contributed by atoms with Gasteiger partial charge in [-0.2, -0.15) is 5.10 Å². The maximum atomic E-state index is 13.4. The van der Waals surface area contributed by atoms with E-state index in [0.717, 1.165) is 38.5 Å². The van der Waals surface area contributed by atoms with E-state index in [0.29, 0.717) is 5.69 Å². The van der Waals surface area contributed by atoms with Gasteiger partial charge >= 0.3 is 0 Å². The fourth-order valence-corrected chi connectivity index (χ4v) is 3.56. The topological polar surface area (TPSA) is 37.3 Å². The smallest absolute Gasteiger partial charge is 0.123 e. The van der Waals surface area contributed by atoms with Crippen LogP contribution in [0.3, 0.4) is 0 Å². The van der Waals surface area contributed by atoms with Crippen molar-refractivity contribution in [3.63, 3.8) is 0 Å². The number of halogens is 2. The van der Waals surface area contributed by atoms with E-state index in [1.165, 1.54) is 24.3 Å². The van der Waals surface area contributed by atoms with Crippen molar-refractivity contribution in [3.05, 3.63) is 108 Å². The lowest BCUT2D eigenvalue weighted by Gasteiger charge is -2.10. The van der Waals surface area contributed by atoms with E-state index < -0.39 is 0 Å². The number of pyridine rings is 1.